The second kappa shape index (κ2) is 3.61. The quantitative estimate of drug-likeness (QED) is 0.446. The monoisotopic (exact) mass is 166 g/mol. The molecular weight excluding hydrogens is 156 g/mol. The molecule has 1 rings (SSSR count). The lowest BCUT2D eigenvalue weighted by Crippen LogP contribution is -1.94. The van der Waals surface area contributed by atoms with Gasteiger partial charge in [0.25, 0.3) is 0 Å². The molecule has 0 saturated heterocycles. The van der Waals surface area contributed by atoms with Crippen LogP contribution in [0.5, 0.6) is 11.5 Å². The molecule has 12 heavy (non-hydrogen) atoms. The van der Waals surface area contributed by atoms with Crippen LogP contribution in [0.1, 0.15) is 5.56 Å². The molecule has 4 heteroatoms. The molecule has 0 spiro atoms. The SMILES string of the molecule is CNN=Cc1ccc(O)cc1O. The van der Waals surface area contributed by atoms with Crippen LogP contribution >= 0.6 is 0 Å². The van der Waals surface area contributed by atoms with Gasteiger partial charge in [0.2, 0.25) is 0 Å². The average molecular weight is 166 g/mol. The molecular formula is C8H10N2O2. The van der Waals surface area contributed by atoms with E-state index in [4.69, 9.17) is 5.11 Å². The van der Waals surface area contributed by atoms with Crippen LogP contribution in [0.3, 0.4) is 0 Å². The molecule has 1 aromatic rings. The van der Waals surface area contributed by atoms with Gasteiger partial charge in [-0.1, -0.05) is 0 Å². The molecule has 0 aliphatic heterocycles. The second-order valence-corrected chi connectivity index (χ2v) is 2.22. The van der Waals surface area contributed by atoms with E-state index < -0.39 is 0 Å². The molecule has 0 amide bonds. The number of hydrogen-bond donors (Lipinski definition) is 3. The van der Waals surface area contributed by atoms with Crippen molar-refractivity contribution in [3.8, 4) is 11.5 Å². The normalized spacial score (nSPS) is 10.4. The van der Waals surface area contributed by atoms with Gasteiger partial charge >= 0.3 is 0 Å². The maximum absolute atomic E-state index is 9.24. The predicted octanol–water partition coefficient (Wildman–Crippen LogP) is 0.651. The van der Waals surface area contributed by atoms with Crippen molar-refractivity contribution in [2.75, 3.05) is 7.05 Å². The Balaban J connectivity index is 2.94. The summed E-state index contributed by atoms with van der Waals surface area (Å²) in [4.78, 5) is 0. The van der Waals surface area contributed by atoms with Crippen molar-refractivity contribution < 1.29 is 10.2 Å². The van der Waals surface area contributed by atoms with Crippen LogP contribution in [0, 0.1) is 0 Å². The highest BCUT2D eigenvalue weighted by Gasteiger charge is 1.97. The fourth-order valence-electron chi connectivity index (χ4n) is 0.775. The molecule has 0 aliphatic carbocycles. The number of hydrogen-bond acceptors (Lipinski definition) is 4. The summed E-state index contributed by atoms with van der Waals surface area (Å²) >= 11 is 0. The molecule has 0 atom stereocenters. The summed E-state index contributed by atoms with van der Waals surface area (Å²) in [5, 5.41) is 21.9. The van der Waals surface area contributed by atoms with Crippen LogP contribution in [0.4, 0.5) is 0 Å². The van der Waals surface area contributed by atoms with Crippen molar-refractivity contribution in [1.82, 2.24) is 5.43 Å². The van der Waals surface area contributed by atoms with Crippen LogP contribution < -0.4 is 5.43 Å². The Hall–Kier alpha value is -1.71. The van der Waals surface area contributed by atoms with Crippen molar-refractivity contribution in [3.63, 3.8) is 0 Å². The molecule has 0 bridgehead atoms. The van der Waals surface area contributed by atoms with E-state index in [-0.39, 0.29) is 11.5 Å². The summed E-state index contributed by atoms with van der Waals surface area (Å²) in [6.45, 7) is 0. The maximum Gasteiger partial charge on any atom is 0.128 e. The lowest BCUT2D eigenvalue weighted by Gasteiger charge is -1.98. The number of nitrogens with one attached hydrogen (secondary N) is 1. The zero-order chi connectivity index (χ0) is 8.97. The topological polar surface area (TPSA) is 64.9 Å². The van der Waals surface area contributed by atoms with E-state index in [1.54, 1.807) is 13.1 Å². The van der Waals surface area contributed by atoms with E-state index >= 15 is 0 Å². The molecule has 0 aliphatic rings. The van der Waals surface area contributed by atoms with Gasteiger partial charge in [0.1, 0.15) is 11.5 Å². The Morgan fingerprint density at radius 3 is 2.75 bits per heavy atom. The number of phenolic OH excluding ortho intramolecular Hbond substituents is 2. The molecule has 0 radical (unpaired) electrons. The van der Waals surface area contributed by atoms with Gasteiger partial charge in [-0.15, -0.1) is 0 Å². The Morgan fingerprint density at radius 1 is 1.42 bits per heavy atom. The summed E-state index contributed by atoms with van der Waals surface area (Å²) in [5.41, 5.74) is 3.11. The van der Waals surface area contributed by atoms with Gasteiger partial charge in [-0.05, 0) is 12.1 Å². The molecule has 64 valence electrons. The van der Waals surface area contributed by atoms with Crippen molar-refractivity contribution >= 4 is 6.21 Å². The van der Waals surface area contributed by atoms with E-state index in [0.29, 0.717) is 5.56 Å². The van der Waals surface area contributed by atoms with Crippen molar-refractivity contribution in [2.24, 2.45) is 5.10 Å². The minimum Gasteiger partial charge on any atom is -0.508 e. The van der Waals surface area contributed by atoms with Crippen molar-refractivity contribution in [1.29, 1.82) is 0 Å². The number of benzene rings is 1. The smallest absolute Gasteiger partial charge is 0.128 e. The fourth-order valence-corrected chi connectivity index (χ4v) is 0.775. The number of hydrazone groups is 1. The van der Waals surface area contributed by atoms with Gasteiger partial charge in [0.05, 0.1) is 6.21 Å². The third-order valence-electron chi connectivity index (χ3n) is 1.35. The van der Waals surface area contributed by atoms with E-state index in [9.17, 15) is 5.11 Å². The van der Waals surface area contributed by atoms with E-state index in [1.165, 1.54) is 18.3 Å². The van der Waals surface area contributed by atoms with Crippen molar-refractivity contribution in [2.45, 2.75) is 0 Å². The molecule has 3 N–H and O–H groups in total. The fraction of sp³-hybridized carbons (Fsp3) is 0.125. The lowest BCUT2D eigenvalue weighted by molar-refractivity contribution is 0.450. The first-order valence-corrected chi connectivity index (χ1v) is 3.46. The van der Waals surface area contributed by atoms with E-state index in [1.807, 2.05) is 0 Å². The highest BCUT2D eigenvalue weighted by atomic mass is 16.3. The molecule has 0 aromatic heterocycles. The molecule has 0 fully saturated rings. The van der Waals surface area contributed by atoms with Crippen LogP contribution in [0.15, 0.2) is 23.3 Å². The molecule has 0 saturated carbocycles. The Bertz CT molecular complexity index is 297. The van der Waals surface area contributed by atoms with Gasteiger partial charge in [0, 0.05) is 18.7 Å². The molecule has 0 unspecified atom stereocenters. The zero-order valence-corrected chi connectivity index (χ0v) is 6.65. The highest BCUT2D eigenvalue weighted by molar-refractivity contribution is 5.83. The molecule has 0 heterocycles. The largest absolute Gasteiger partial charge is 0.508 e. The number of phenols is 2. The Labute approximate surface area is 70.2 Å². The summed E-state index contributed by atoms with van der Waals surface area (Å²) in [6.07, 6.45) is 1.47. The van der Waals surface area contributed by atoms with Crippen LogP contribution in [-0.4, -0.2) is 23.5 Å². The van der Waals surface area contributed by atoms with Crippen LogP contribution in [-0.2, 0) is 0 Å². The third-order valence-corrected chi connectivity index (χ3v) is 1.35. The lowest BCUT2D eigenvalue weighted by atomic mass is 10.2. The number of nitrogens with zero attached hydrogens (tertiary/aromatic N) is 1. The molecule has 1 aromatic carbocycles. The van der Waals surface area contributed by atoms with Gasteiger partial charge in [0.15, 0.2) is 0 Å². The van der Waals surface area contributed by atoms with Crippen LogP contribution in [0.2, 0.25) is 0 Å². The summed E-state index contributed by atoms with van der Waals surface area (Å²) in [7, 11) is 1.66. The predicted molar refractivity (Wildman–Crippen MR) is 46.4 cm³/mol. The first kappa shape index (κ1) is 8.39. The van der Waals surface area contributed by atoms with E-state index in [2.05, 4.69) is 10.5 Å². The number of rotatable bonds is 2. The minimum absolute atomic E-state index is 0.00833. The second-order valence-electron chi connectivity index (χ2n) is 2.22. The number of aromatic hydroxyl groups is 2. The third kappa shape index (κ3) is 1.88. The Morgan fingerprint density at radius 2 is 2.17 bits per heavy atom. The average Bonchev–Trinajstić information content (AvgIpc) is 2.03. The Kier molecular flexibility index (Phi) is 2.53. The van der Waals surface area contributed by atoms with Gasteiger partial charge in [-0.25, -0.2) is 0 Å². The summed E-state index contributed by atoms with van der Waals surface area (Å²) in [6, 6.07) is 4.32. The summed E-state index contributed by atoms with van der Waals surface area (Å²) in [5.74, 6) is 0.0445. The van der Waals surface area contributed by atoms with Crippen LogP contribution in [0.25, 0.3) is 0 Å². The maximum atomic E-state index is 9.24. The first-order valence-electron chi connectivity index (χ1n) is 3.46. The standard InChI is InChI=1S/C8H10N2O2/c1-9-10-5-6-2-3-7(11)4-8(6)12/h2-5,9,11-12H,1H3. The summed E-state index contributed by atoms with van der Waals surface area (Å²) < 4.78 is 0. The highest BCUT2D eigenvalue weighted by Crippen LogP contribution is 2.20. The van der Waals surface area contributed by atoms with E-state index in [0.717, 1.165) is 0 Å². The molecule has 4 nitrogen and oxygen atoms in total. The zero-order valence-electron chi connectivity index (χ0n) is 6.65. The minimum atomic E-state index is 0.00833. The van der Waals surface area contributed by atoms with Gasteiger partial charge in [-0.2, -0.15) is 5.10 Å². The van der Waals surface area contributed by atoms with Gasteiger partial charge in [-0.3, -0.25) is 0 Å². The van der Waals surface area contributed by atoms with Gasteiger partial charge < -0.3 is 15.6 Å². The van der Waals surface area contributed by atoms with Crippen molar-refractivity contribution in [3.05, 3.63) is 23.8 Å². The first-order chi connectivity index (χ1) is 5.74.